The largest absolute Gasteiger partial charge is 0.435 e. The average molecular weight is 215 g/mol. The van der Waals surface area contributed by atoms with Gasteiger partial charge in [-0.2, -0.15) is 8.78 Å². The zero-order valence-electron chi connectivity index (χ0n) is 7.86. The molecular weight excluding hydrogens is 204 g/mol. The highest BCUT2D eigenvalue weighted by atomic mass is 19.3. The second-order valence-electron chi connectivity index (χ2n) is 2.77. The number of hydrogen-bond acceptors (Lipinski definition) is 2. The first-order valence-electron chi connectivity index (χ1n) is 4.17. The Labute approximate surface area is 85.5 Å². The van der Waals surface area contributed by atoms with Gasteiger partial charge in [0.25, 0.3) is 0 Å². The van der Waals surface area contributed by atoms with Gasteiger partial charge in [-0.3, -0.25) is 0 Å². The summed E-state index contributed by atoms with van der Waals surface area (Å²) in [5.74, 6) is 0.0449. The maximum absolute atomic E-state index is 11.9. The van der Waals surface area contributed by atoms with Crippen molar-refractivity contribution in [3.8, 4) is 5.75 Å². The Morgan fingerprint density at radius 2 is 2.13 bits per heavy atom. The van der Waals surface area contributed by atoms with E-state index in [0.717, 1.165) is 0 Å². The molecule has 0 fully saturated rings. The molecular formula is C9H11F2N3O. The summed E-state index contributed by atoms with van der Waals surface area (Å²) in [6, 6.07) is 6.20. The second kappa shape index (κ2) is 5.14. The molecule has 0 radical (unpaired) electrons. The van der Waals surface area contributed by atoms with Gasteiger partial charge in [-0.05, 0) is 17.7 Å². The smallest absolute Gasteiger partial charge is 0.387 e. The molecule has 0 bridgehead atoms. The van der Waals surface area contributed by atoms with Crippen LogP contribution >= 0.6 is 0 Å². The fraction of sp³-hybridized carbons (Fsp3) is 0.222. The molecule has 0 saturated heterocycles. The minimum absolute atomic E-state index is 0.0461. The number of benzene rings is 1. The van der Waals surface area contributed by atoms with Gasteiger partial charge in [0.1, 0.15) is 5.75 Å². The van der Waals surface area contributed by atoms with Gasteiger partial charge in [0.05, 0.1) is 6.54 Å². The lowest BCUT2D eigenvalue weighted by Gasteiger charge is -2.05. The third kappa shape index (κ3) is 4.26. The normalized spacial score (nSPS) is 10.1. The van der Waals surface area contributed by atoms with E-state index in [4.69, 9.17) is 11.5 Å². The summed E-state index contributed by atoms with van der Waals surface area (Å²) in [4.78, 5) is 3.74. The molecule has 0 aromatic heterocycles. The van der Waals surface area contributed by atoms with Gasteiger partial charge in [0.15, 0.2) is 5.96 Å². The summed E-state index contributed by atoms with van der Waals surface area (Å²) in [5, 5.41) is 0. The van der Waals surface area contributed by atoms with Crippen molar-refractivity contribution in [3.63, 3.8) is 0 Å². The Balaban J connectivity index is 2.70. The van der Waals surface area contributed by atoms with Crippen LogP contribution < -0.4 is 16.2 Å². The van der Waals surface area contributed by atoms with E-state index in [-0.39, 0.29) is 18.3 Å². The maximum Gasteiger partial charge on any atom is 0.387 e. The fourth-order valence-corrected chi connectivity index (χ4v) is 1.00. The Morgan fingerprint density at radius 1 is 1.40 bits per heavy atom. The first kappa shape index (κ1) is 11.2. The van der Waals surface area contributed by atoms with Crippen molar-refractivity contribution >= 4 is 5.96 Å². The molecule has 1 rings (SSSR count). The molecule has 0 amide bonds. The van der Waals surface area contributed by atoms with Crippen LogP contribution in [0, 0.1) is 0 Å². The standard InChI is InChI=1S/C9H11F2N3O/c10-8(11)15-7-3-1-2-6(4-7)5-14-9(12)13/h1-4,8H,5H2,(H4,12,13,14). The Morgan fingerprint density at radius 3 is 2.73 bits per heavy atom. The van der Waals surface area contributed by atoms with E-state index in [2.05, 4.69) is 9.73 Å². The molecule has 0 aliphatic carbocycles. The number of ether oxygens (including phenoxy) is 1. The number of rotatable bonds is 4. The van der Waals surface area contributed by atoms with Crippen LogP contribution in [-0.4, -0.2) is 12.6 Å². The van der Waals surface area contributed by atoms with Crippen molar-refractivity contribution in [1.82, 2.24) is 0 Å². The monoisotopic (exact) mass is 215 g/mol. The van der Waals surface area contributed by atoms with E-state index in [1.54, 1.807) is 12.1 Å². The lowest BCUT2D eigenvalue weighted by molar-refractivity contribution is -0.0498. The molecule has 0 heterocycles. The van der Waals surface area contributed by atoms with E-state index in [9.17, 15) is 8.78 Å². The summed E-state index contributed by atoms with van der Waals surface area (Å²) in [6.45, 7) is -2.59. The Kier molecular flexibility index (Phi) is 3.84. The van der Waals surface area contributed by atoms with Crippen LogP contribution in [-0.2, 0) is 6.54 Å². The van der Waals surface area contributed by atoms with E-state index in [0.29, 0.717) is 5.56 Å². The first-order chi connectivity index (χ1) is 7.08. The van der Waals surface area contributed by atoms with Gasteiger partial charge in [0.2, 0.25) is 0 Å². The Bertz CT molecular complexity index is 351. The lowest BCUT2D eigenvalue weighted by Crippen LogP contribution is -2.22. The number of nitrogens with two attached hydrogens (primary N) is 2. The predicted molar refractivity (Wildman–Crippen MR) is 52.6 cm³/mol. The van der Waals surface area contributed by atoms with Crippen LogP contribution in [0.2, 0.25) is 0 Å². The van der Waals surface area contributed by atoms with E-state index in [1.807, 2.05) is 0 Å². The van der Waals surface area contributed by atoms with Crippen LogP contribution in [0.15, 0.2) is 29.3 Å². The van der Waals surface area contributed by atoms with Crippen molar-refractivity contribution in [2.45, 2.75) is 13.2 Å². The third-order valence-corrected chi connectivity index (χ3v) is 1.57. The van der Waals surface area contributed by atoms with Crippen LogP contribution in [0.1, 0.15) is 5.56 Å². The highest BCUT2D eigenvalue weighted by Gasteiger charge is 2.04. The van der Waals surface area contributed by atoms with Gasteiger partial charge in [0, 0.05) is 0 Å². The zero-order valence-corrected chi connectivity index (χ0v) is 7.86. The summed E-state index contributed by atoms with van der Waals surface area (Å²) >= 11 is 0. The molecule has 0 atom stereocenters. The summed E-state index contributed by atoms with van der Waals surface area (Å²) in [6.07, 6.45) is 0. The molecule has 4 N–H and O–H groups in total. The van der Waals surface area contributed by atoms with Crippen LogP contribution in [0.25, 0.3) is 0 Å². The highest BCUT2D eigenvalue weighted by Crippen LogP contribution is 2.16. The second-order valence-corrected chi connectivity index (χ2v) is 2.77. The van der Waals surface area contributed by atoms with Gasteiger partial charge < -0.3 is 16.2 Å². The van der Waals surface area contributed by atoms with Gasteiger partial charge in [-0.15, -0.1) is 0 Å². The van der Waals surface area contributed by atoms with Crippen molar-refractivity contribution in [1.29, 1.82) is 0 Å². The summed E-state index contributed by atoms with van der Waals surface area (Å²) in [7, 11) is 0. The molecule has 0 saturated carbocycles. The van der Waals surface area contributed by atoms with Crippen LogP contribution in [0.3, 0.4) is 0 Å². The van der Waals surface area contributed by atoms with Gasteiger partial charge in [-0.25, -0.2) is 4.99 Å². The maximum atomic E-state index is 11.9. The number of nitrogens with zero attached hydrogens (tertiary/aromatic N) is 1. The van der Waals surface area contributed by atoms with Crippen molar-refractivity contribution in [2.24, 2.45) is 16.5 Å². The molecule has 4 nitrogen and oxygen atoms in total. The van der Waals surface area contributed by atoms with Crippen LogP contribution in [0.5, 0.6) is 5.75 Å². The molecule has 0 spiro atoms. The highest BCUT2D eigenvalue weighted by molar-refractivity contribution is 5.75. The van der Waals surface area contributed by atoms with Crippen molar-refractivity contribution < 1.29 is 13.5 Å². The zero-order chi connectivity index (χ0) is 11.3. The molecule has 82 valence electrons. The lowest BCUT2D eigenvalue weighted by atomic mass is 10.2. The van der Waals surface area contributed by atoms with Crippen molar-refractivity contribution in [2.75, 3.05) is 0 Å². The summed E-state index contributed by atoms with van der Waals surface area (Å²) in [5.41, 5.74) is 11.0. The quantitative estimate of drug-likeness (QED) is 0.582. The molecule has 15 heavy (non-hydrogen) atoms. The molecule has 1 aromatic rings. The first-order valence-corrected chi connectivity index (χ1v) is 4.17. The number of hydrogen-bond donors (Lipinski definition) is 2. The minimum atomic E-state index is -2.83. The SMILES string of the molecule is NC(N)=NCc1cccc(OC(F)F)c1. The fourth-order valence-electron chi connectivity index (χ4n) is 1.00. The topological polar surface area (TPSA) is 73.6 Å². The van der Waals surface area contributed by atoms with E-state index < -0.39 is 6.61 Å². The molecule has 6 heteroatoms. The van der Waals surface area contributed by atoms with Gasteiger partial charge in [-0.1, -0.05) is 12.1 Å². The molecule has 0 aliphatic rings. The van der Waals surface area contributed by atoms with Gasteiger partial charge >= 0.3 is 6.61 Å². The number of guanidine groups is 1. The van der Waals surface area contributed by atoms with Crippen molar-refractivity contribution in [3.05, 3.63) is 29.8 Å². The molecule has 1 aromatic carbocycles. The molecule has 0 unspecified atom stereocenters. The summed E-state index contributed by atoms with van der Waals surface area (Å²) < 4.78 is 28.0. The third-order valence-electron chi connectivity index (χ3n) is 1.57. The van der Waals surface area contributed by atoms with E-state index in [1.165, 1.54) is 12.1 Å². The number of aliphatic imine (C=N–C) groups is 1. The number of alkyl halides is 2. The predicted octanol–water partition coefficient (Wildman–Crippen LogP) is 1.06. The molecule has 0 aliphatic heterocycles. The minimum Gasteiger partial charge on any atom is -0.435 e. The van der Waals surface area contributed by atoms with E-state index >= 15 is 0 Å². The average Bonchev–Trinajstić information content (AvgIpc) is 2.14. The van der Waals surface area contributed by atoms with Crippen LogP contribution in [0.4, 0.5) is 8.78 Å². The Hall–Kier alpha value is -1.85. The number of halogens is 2.